The van der Waals surface area contributed by atoms with Crippen molar-refractivity contribution in [3.8, 4) is 0 Å². The first-order valence-corrected chi connectivity index (χ1v) is 13.8. The van der Waals surface area contributed by atoms with Gasteiger partial charge in [-0.05, 0) is 70.7 Å². The maximum atomic E-state index is 13.7. The van der Waals surface area contributed by atoms with Crippen LogP contribution in [-0.4, -0.2) is 72.5 Å². The van der Waals surface area contributed by atoms with E-state index in [0.29, 0.717) is 24.8 Å². The average Bonchev–Trinajstić information content (AvgIpc) is 3.36. The van der Waals surface area contributed by atoms with Crippen molar-refractivity contribution in [1.29, 1.82) is 0 Å². The fourth-order valence-electron chi connectivity index (χ4n) is 6.24. The van der Waals surface area contributed by atoms with Crippen molar-refractivity contribution in [3.63, 3.8) is 0 Å². The number of aliphatic hydroxyl groups is 1. The van der Waals surface area contributed by atoms with E-state index in [-0.39, 0.29) is 24.3 Å². The van der Waals surface area contributed by atoms with Crippen LogP contribution in [0.25, 0.3) is 11.0 Å². The van der Waals surface area contributed by atoms with Gasteiger partial charge >= 0.3 is 0 Å². The summed E-state index contributed by atoms with van der Waals surface area (Å²) in [5.41, 5.74) is 1.87. The van der Waals surface area contributed by atoms with Gasteiger partial charge in [-0.1, -0.05) is 24.6 Å². The first kappa shape index (κ1) is 25.3. The van der Waals surface area contributed by atoms with Crippen LogP contribution < -0.4 is 0 Å². The number of para-hydroxylation sites is 1. The molecule has 0 saturated carbocycles. The van der Waals surface area contributed by atoms with Gasteiger partial charge < -0.3 is 28.8 Å². The molecule has 0 aliphatic carbocycles. The van der Waals surface area contributed by atoms with Crippen LogP contribution in [0.3, 0.4) is 0 Å². The van der Waals surface area contributed by atoms with Gasteiger partial charge in [-0.2, -0.15) is 0 Å². The second kappa shape index (κ2) is 11.8. The lowest BCUT2D eigenvalue weighted by molar-refractivity contribution is -0.170. The summed E-state index contributed by atoms with van der Waals surface area (Å²) in [6.45, 7) is 6.44. The molecular formula is C29H40N2O5. The van der Waals surface area contributed by atoms with Gasteiger partial charge in [0.2, 0.25) is 6.29 Å². The van der Waals surface area contributed by atoms with E-state index < -0.39 is 6.29 Å². The topological polar surface area (TPSA) is 75.4 Å². The summed E-state index contributed by atoms with van der Waals surface area (Å²) in [6, 6.07) is 8.57. The molecule has 7 nitrogen and oxygen atoms in total. The third-order valence-corrected chi connectivity index (χ3v) is 8.15. The van der Waals surface area contributed by atoms with Gasteiger partial charge in [-0.25, -0.2) is 0 Å². The standard InChI is InChI=1S/C29H40N2O5/c1-2-34-29-23(10-8-18-32)24(25-20-35-26-11-5-4-9-22(25)26)19-27(36-29)28(33)31-16-12-21(13-17-31)30-14-6-3-7-15-30/h4-5,9,11,19-21,23-24,29,32H,2-3,6-8,10,12-18H2,1H3/t23-,24+,29-/m0/s1. The number of carbonyl (C=O) groups excluding carboxylic acids is 1. The van der Waals surface area contributed by atoms with E-state index in [1.54, 1.807) is 6.26 Å². The number of carbonyl (C=O) groups is 1. The number of benzene rings is 1. The number of furan rings is 1. The monoisotopic (exact) mass is 496 g/mol. The maximum absolute atomic E-state index is 13.7. The molecule has 0 unspecified atom stereocenters. The molecule has 1 amide bonds. The lowest BCUT2D eigenvalue weighted by atomic mass is 9.80. The van der Waals surface area contributed by atoms with E-state index in [1.807, 2.05) is 36.1 Å². The lowest BCUT2D eigenvalue weighted by Gasteiger charge is -2.41. The molecule has 2 saturated heterocycles. The minimum absolute atomic E-state index is 0.0282. The van der Waals surface area contributed by atoms with Gasteiger partial charge in [0.1, 0.15) is 5.58 Å². The normalized spacial score (nSPS) is 26.1. The Morgan fingerprint density at radius 3 is 2.64 bits per heavy atom. The Bertz CT molecular complexity index is 1040. The number of allylic oxidation sites excluding steroid dienone is 1. The quantitative estimate of drug-likeness (QED) is 0.573. The molecule has 4 heterocycles. The van der Waals surface area contributed by atoms with Gasteiger partial charge in [0.15, 0.2) is 5.76 Å². The van der Waals surface area contributed by atoms with Gasteiger partial charge in [0.25, 0.3) is 5.91 Å². The summed E-state index contributed by atoms with van der Waals surface area (Å²) in [4.78, 5) is 18.3. The molecule has 2 fully saturated rings. The molecule has 0 spiro atoms. The molecule has 1 aromatic heterocycles. The van der Waals surface area contributed by atoms with Crippen LogP contribution in [0.2, 0.25) is 0 Å². The number of rotatable bonds is 8. The number of fused-ring (bicyclic) bond motifs is 1. The highest BCUT2D eigenvalue weighted by Crippen LogP contribution is 2.42. The number of hydrogen-bond acceptors (Lipinski definition) is 6. The Labute approximate surface area is 214 Å². The molecule has 3 atom stereocenters. The number of aliphatic hydroxyl groups excluding tert-OH is 1. The predicted molar refractivity (Wildman–Crippen MR) is 138 cm³/mol. The molecule has 1 N–H and O–H groups in total. The minimum Gasteiger partial charge on any atom is -0.464 e. The summed E-state index contributed by atoms with van der Waals surface area (Å²) in [5, 5.41) is 10.6. The molecule has 2 aromatic rings. The molecule has 3 aliphatic heterocycles. The second-order valence-corrected chi connectivity index (χ2v) is 10.3. The van der Waals surface area contributed by atoms with Gasteiger partial charge in [0, 0.05) is 55.1 Å². The number of amides is 1. The van der Waals surface area contributed by atoms with Crippen LogP contribution in [-0.2, 0) is 14.3 Å². The highest BCUT2D eigenvalue weighted by Gasteiger charge is 2.40. The summed E-state index contributed by atoms with van der Waals surface area (Å²) in [5.74, 6) is 0.199. The molecule has 196 valence electrons. The van der Waals surface area contributed by atoms with E-state index in [9.17, 15) is 9.90 Å². The molecule has 0 radical (unpaired) electrons. The number of ether oxygens (including phenoxy) is 2. The average molecular weight is 497 g/mol. The molecule has 5 rings (SSSR count). The molecule has 3 aliphatic rings. The first-order chi connectivity index (χ1) is 17.7. The van der Waals surface area contributed by atoms with Crippen molar-refractivity contribution in [2.24, 2.45) is 5.92 Å². The predicted octanol–water partition coefficient (Wildman–Crippen LogP) is 4.66. The van der Waals surface area contributed by atoms with Gasteiger partial charge in [-0.15, -0.1) is 0 Å². The van der Waals surface area contributed by atoms with Gasteiger partial charge in [-0.3, -0.25) is 4.79 Å². The zero-order chi connectivity index (χ0) is 24.9. The Morgan fingerprint density at radius 2 is 1.89 bits per heavy atom. The Kier molecular flexibility index (Phi) is 8.29. The van der Waals surface area contributed by atoms with Crippen molar-refractivity contribution < 1.29 is 23.8 Å². The highest BCUT2D eigenvalue weighted by molar-refractivity contribution is 5.92. The third kappa shape index (κ3) is 5.34. The van der Waals surface area contributed by atoms with Crippen LogP contribution in [0.15, 0.2) is 46.8 Å². The number of nitrogens with zero attached hydrogens (tertiary/aromatic N) is 2. The van der Waals surface area contributed by atoms with Crippen molar-refractivity contribution >= 4 is 16.9 Å². The van der Waals surface area contributed by atoms with Crippen molar-refractivity contribution in [2.75, 3.05) is 39.4 Å². The molecular weight excluding hydrogens is 456 g/mol. The molecule has 7 heteroatoms. The minimum atomic E-state index is -0.546. The number of piperidine rings is 2. The van der Waals surface area contributed by atoms with E-state index >= 15 is 0 Å². The molecule has 1 aromatic carbocycles. The smallest absolute Gasteiger partial charge is 0.288 e. The summed E-state index contributed by atoms with van der Waals surface area (Å²) in [7, 11) is 0. The van der Waals surface area contributed by atoms with Crippen LogP contribution in [0, 0.1) is 5.92 Å². The van der Waals surface area contributed by atoms with Crippen LogP contribution in [0.1, 0.15) is 63.4 Å². The van der Waals surface area contributed by atoms with E-state index in [1.165, 1.54) is 32.4 Å². The highest BCUT2D eigenvalue weighted by atomic mass is 16.7. The maximum Gasteiger partial charge on any atom is 0.288 e. The Balaban J connectivity index is 1.38. The van der Waals surface area contributed by atoms with E-state index in [4.69, 9.17) is 13.9 Å². The van der Waals surface area contributed by atoms with Crippen molar-refractivity contribution in [1.82, 2.24) is 9.80 Å². The first-order valence-electron chi connectivity index (χ1n) is 13.8. The van der Waals surface area contributed by atoms with E-state index in [2.05, 4.69) is 11.0 Å². The summed E-state index contributed by atoms with van der Waals surface area (Å²) < 4.78 is 18.2. The summed E-state index contributed by atoms with van der Waals surface area (Å²) in [6.07, 6.45) is 10.6. The van der Waals surface area contributed by atoms with Gasteiger partial charge in [0.05, 0.1) is 6.26 Å². The largest absolute Gasteiger partial charge is 0.464 e. The fraction of sp³-hybridized carbons (Fsp3) is 0.621. The Morgan fingerprint density at radius 1 is 1.11 bits per heavy atom. The van der Waals surface area contributed by atoms with Crippen molar-refractivity contribution in [2.45, 2.75) is 70.1 Å². The van der Waals surface area contributed by atoms with Crippen molar-refractivity contribution in [3.05, 3.63) is 47.9 Å². The van der Waals surface area contributed by atoms with Crippen LogP contribution in [0.4, 0.5) is 0 Å². The zero-order valence-electron chi connectivity index (χ0n) is 21.4. The van der Waals surface area contributed by atoms with E-state index in [0.717, 1.165) is 48.9 Å². The van der Waals surface area contributed by atoms with Crippen LogP contribution >= 0.6 is 0 Å². The molecule has 36 heavy (non-hydrogen) atoms. The lowest BCUT2D eigenvalue weighted by Crippen LogP contribution is -2.49. The zero-order valence-corrected chi connectivity index (χ0v) is 21.4. The third-order valence-electron chi connectivity index (χ3n) is 8.15. The second-order valence-electron chi connectivity index (χ2n) is 10.3. The fourth-order valence-corrected chi connectivity index (χ4v) is 6.24. The molecule has 0 bridgehead atoms. The SMILES string of the molecule is CCO[C@H]1OC(C(=O)N2CCC(N3CCCCC3)CC2)=C[C@@H](c2coc3ccccc23)[C@@H]1CCCO. The Hall–Kier alpha value is -2.35. The number of hydrogen-bond donors (Lipinski definition) is 1. The van der Waals surface area contributed by atoms with Crippen LogP contribution in [0.5, 0.6) is 0 Å². The summed E-state index contributed by atoms with van der Waals surface area (Å²) >= 11 is 0. The number of likely N-dealkylation sites (tertiary alicyclic amines) is 2.